The number of carbonyl (C=O) groups excluding carboxylic acids is 3. The van der Waals surface area contributed by atoms with Crippen molar-refractivity contribution in [1.82, 2.24) is 5.32 Å². The molecule has 1 atom stereocenters. The van der Waals surface area contributed by atoms with Gasteiger partial charge in [-0.25, -0.2) is 0 Å². The Balaban J connectivity index is 1.50. The van der Waals surface area contributed by atoms with Gasteiger partial charge in [-0.1, -0.05) is 54.1 Å². The highest BCUT2D eigenvalue weighted by atomic mass is 35.5. The molecule has 8 nitrogen and oxygen atoms in total. The van der Waals surface area contributed by atoms with E-state index in [-0.39, 0.29) is 11.6 Å². The van der Waals surface area contributed by atoms with Gasteiger partial charge in [0.05, 0.1) is 30.2 Å². The number of methoxy groups -OCH3 is 2. The number of hydrogen-bond donors (Lipinski definition) is 3. The smallest absolute Gasteiger partial charge is 0.272 e. The fourth-order valence-electron chi connectivity index (χ4n) is 3.99. The average Bonchev–Trinajstić information content (AvgIpc) is 3.02. The molecule has 0 aliphatic heterocycles. The third-order valence-electron chi connectivity index (χ3n) is 6.19. The Morgan fingerprint density at radius 1 is 0.814 bits per heavy atom. The van der Waals surface area contributed by atoms with Crippen LogP contribution < -0.4 is 25.4 Å². The Kier molecular flexibility index (Phi) is 10.9. The van der Waals surface area contributed by atoms with Crippen LogP contribution in [0.15, 0.2) is 108 Å². The summed E-state index contributed by atoms with van der Waals surface area (Å²) in [7, 11) is 3.02. The predicted octanol–water partition coefficient (Wildman–Crippen LogP) is 6.89. The fourth-order valence-corrected chi connectivity index (χ4v) is 5.04. The molecule has 43 heavy (non-hydrogen) atoms. The molecule has 4 rings (SSSR count). The fraction of sp³-hybridized carbons (Fsp3) is 0.121. The molecule has 4 aromatic rings. The minimum absolute atomic E-state index is 0.00345. The van der Waals surface area contributed by atoms with Crippen LogP contribution in [0.4, 0.5) is 11.4 Å². The number of para-hydroxylation sites is 2. The molecule has 4 aromatic carbocycles. The summed E-state index contributed by atoms with van der Waals surface area (Å²) >= 11 is 7.52. The van der Waals surface area contributed by atoms with E-state index in [2.05, 4.69) is 16.0 Å². The monoisotopic (exact) mass is 615 g/mol. The highest BCUT2D eigenvalue weighted by Gasteiger charge is 2.19. The molecule has 0 heterocycles. The van der Waals surface area contributed by atoms with E-state index in [1.165, 1.54) is 32.1 Å². The first-order chi connectivity index (χ1) is 20.8. The van der Waals surface area contributed by atoms with E-state index in [9.17, 15) is 14.4 Å². The molecule has 10 heteroatoms. The van der Waals surface area contributed by atoms with Crippen molar-refractivity contribution in [2.45, 2.75) is 17.1 Å². The van der Waals surface area contributed by atoms with Crippen LogP contribution >= 0.6 is 23.4 Å². The van der Waals surface area contributed by atoms with Crippen LogP contribution in [0.5, 0.6) is 11.5 Å². The van der Waals surface area contributed by atoms with E-state index < -0.39 is 17.1 Å². The molecule has 0 bridgehead atoms. The maximum Gasteiger partial charge on any atom is 0.272 e. The van der Waals surface area contributed by atoms with Gasteiger partial charge in [-0.3, -0.25) is 14.4 Å². The lowest BCUT2D eigenvalue weighted by atomic mass is 10.1. The molecule has 0 fully saturated rings. The molecule has 0 radical (unpaired) electrons. The molecule has 0 saturated carbocycles. The lowest BCUT2D eigenvalue weighted by Crippen LogP contribution is -2.30. The SMILES string of the molecule is COc1cccc(/C=C(\NC(=O)c2ccccc2)C(=O)Nc2ccc(SC(C)C(=O)Nc3ccccc3Cl)cc2)c1OC. The number of benzene rings is 4. The second-order valence-corrected chi connectivity index (χ2v) is 11.0. The molecule has 220 valence electrons. The molecule has 3 amide bonds. The number of halogens is 1. The zero-order valence-electron chi connectivity index (χ0n) is 23.7. The molecule has 0 aliphatic rings. The summed E-state index contributed by atoms with van der Waals surface area (Å²) in [5.41, 5.74) is 1.99. The molecular weight excluding hydrogens is 586 g/mol. The van der Waals surface area contributed by atoms with E-state index in [0.29, 0.717) is 39.0 Å². The molecule has 0 saturated heterocycles. The first-order valence-electron chi connectivity index (χ1n) is 13.2. The summed E-state index contributed by atoms with van der Waals surface area (Å²) in [5, 5.41) is 8.45. The molecule has 1 unspecified atom stereocenters. The van der Waals surface area contributed by atoms with Gasteiger partial charge in [0.1, 0.15) is 5.70 Å². The number of anilines is 2. The average molecular weight is 616 g/mol. The number of carbonyl (C=O) groups is 3. The lowest BCUT2D eigenvalue weighted by Gasteiger charge is -2.15. The zero-order valence-corrected chi connectivity index (χ0v) is 25.3. The zero-order chi connectivity index (χ0) is 30.8. The third kappa shape index (κ3) is 8.41. The Morgan fingerprint density at radius 3 is 2.19 bits per heavy atom. The minimum atomic E-state index is -0.540. The van der Waals surface area contributed by atoms with Crippen molar-refractivity contribution in [2.75, 3.05) is 24.9 Å². The van der Waals surface area contributed by atoms with Gasteiger partial charge in [0.15, 0.2) is 11.5 Å². The van der Waals surface area contributed by atoms with Crippen molar-refractivity contribution in [1.29, 1.82) is 0 Å². The third-order valence-corrected chi connectivity index (χ3v) is 7.63. The van der Waals surface area contributed by atoms with Crippen molar-refractivity contribution in [2.24, 2.45) is 0 Å². The Bertz CT molecular complexity index is 1630. The lowest BCUT2D eigenvalue weighted by molar-refractivity contribution is -0.115. The number of hydrogen-bond acceptors (Lipinski definition) is 6. The van der Waals surface area contributed by atoms with Gasteiger partial charge >= 0.3 is 0 Å². The summed E-state index contributed by atoms with van der Waals surface area (Å²) in [6.07, 6.45) is 1.53. The van der Waals surface area contributed by atoms with Crippen LogP contribution in [-0.4, -0.2) is 37.2 Å². The van der Waals surface area contributed by atoms with Gasteiger partial charge in [-0.2, -0.15) is 0 Å². The van der Waals surface area contributed by atoms with Crippen LogP contribution in [0.2, 0.25) is 5.02 Å². The van der Waals surface area contributed by atoms with Gasteiger partial charge in [0.25, 0.3) is 11.8 Å². The van der Waals surface area contributed by atoms with Crippen molar-refractivity contribution >= 4 is 58.5 Å². The molecular formula is C33H30ClN3O5S. The number of ether oxygens (including phenoxy) is 2. The summed E-state index contributed by atoms with van der Waals surface area (Å²) in [6, 6.07) is 27.9. The largest absolute Gasteiger partial charge is 0.493 e. The Labute approximate surface area is 259 Å². The van der Waals surface area contributed by atoms with Crippen LogP contribution in [0.25, 0.3) is 6.08 Å². The number of amides is 3. The van der Waals surface area contributed by atoms with Gasteiger partial charge in [0.2, 0.25) is 5.91 Å². The maximum absolute atomic E-state index is 13.5. The van der Waals surface area contributed by atoms with Crippen LogP contribution in [0.1, 0.15) is 22.8 Å². The number of nitrogens with one attached hydrogen (secondary N) is 3. The Hall–Kier alpha value is -4.73. The quantitative estimate of drug-likeness (QED) is 0.125. The van der Waals surface area contributed by atoms with Gasteiger partial charge < -0.3 is 25.4 Å². The number of rotatable bonds is 11. The van der Waals surface area contributed by atoms with E-state index in [1.807, 2.05) is 0 Å². The van der Waals surface area contributed by atoms with Gasteiger partial charge in [-0.05, 0) is 67.6 Å². The first-order valence-corrected chi connectivity index (χ1v) is 14.5. The van der Waals surface area contributed by atoms with Crippen LogP contribution in [-0.2, 0) is 9.59 Å². The van der Waals surface area contributed by atoms with Crippen molar-refractivity contribution in [3.63, 3.8) is 0 Å². The molecule has 0 aromatic heterocycles. The van der Waals surface area contributed by atoms with E-state index in [1.54, 1.807) is 104 Å². The van der Waals surface area contributed by atoms with Crippen molar-refractivity contribution < 1.29 is 23.9 Å². The van der Waals surface area contributed by atoms with Gasteiger partial charge in [0, 0.05) is 21.7 Å². The van der Waals surface area contributed by atoms with E-state index >= 15 is 0 Å². The minimum Gasteiger partial charge on any atom is -0.493 e. The second-order valence-electron chi connectivity index (χ2n) is 9.17. The number of thioether (sulfide) groups is 1. The maximum atomic E-state index is 13.5. The van der Waals surface area contributed by atoms with Crippen molar-refractivity contribution in [3.8, 4) is 11.5 Å². The Morgan fingerprint density at radius 2 is 1.51 bits per heavy atom. The summed E-state index contributed by atoms with van der Waals surface area (Å²) in [5.74, 6) is -0.277. The summed E-state index contributed by atoms with van der Waals surface area (Å²) in [4.78, 5) is 39.9. The summed E-state index contributed by atoms with van der Waals surface area (Å²) < 4.78 is 10.9. The second kappa shape index (κ2) is 14.9. The topological polar surface area (TPSA) is 106 Å². The molecule has 0 aliphatic carbocycles. The van der Waals surface area contributed by atoms with Gasteiger partial charge in [-0.15, -0.1) is 11.8 Å². The molecule has 3 N–H and O–H groups in total. The van der Waals surface area contributed by atoms with Crippen LogP contribution in [0.3, 0.4) is 0 Å². The normalized spacial score (nSPS) is 11.7. The summed E-state index contributed by atoms with van der Waals surface area (Å²) in [6.45, 7) is 1.80. The van der Waals surface area contributed by atoms with Crippen LogP contribution in [0, 0.1) is 0 Å². The highest BCUT2D eigenvalue weighted by Crippen LogP contribution is 2.32. The van der Waals surface area contributed by atoms with Crippen molar-refractivity contribution in [3.05, 3.63) is 119 Å². The van der Waals surface area contributed by atoms with E-state index in [4.69, 9.17) is 21.1 Å². The first kappa shape index (κ1) is 31.2. The highest BCUT2D eigenvalue weighted by molar-refractivity contribution is 8.00. The van der Waals surface area contributed by atoms with E-state index in [0.717, 1.165) is 4.90 Å². The standard InChI is InChI=1S/C33H30ClN3O5S/c1-21(31(38)36-27-14-8-7-13-26(27)34)43-25-18-16-24(17-19-25)35-33(40)28(37-32(39)22-10-5-4-6-11-22)20-23-12-9-15-29(41-2)30(23)42-3/h4-21H,1-3H3,(H,35,40)(H,36,38)(H,37,39)/b28-20-. The predicted molar refractivity (Wildman–Crippen MR) is 172 cm³/mol. The molecule has 0 spiro atoms.